The van der Waals surface area contributed by atoms with Gasteiger partial charge in [-0.05, 0) is 0 Å². The lowest BCUT2D eigenvalue weighted by Crippen LogP contribution is -2.20. The number of carbonyl (C=O) groups excluding carboxylic acids is 1. The van der Waals surface area contributed by atoms with E-state index in [9.17, 15) is 4.79 Å². The first kappa shape index (κ1) is 8.93. The molecule has 0 radical (unpaired) electrons. The Morgan fingerprint density at radius 2 is 2.50 bits per heavy atom. The fourth-order valence-electron chi connectivity index (χ4n) is 0.940. The number of rotatable bonds is 3. The maximum atomic E-state index is 11.5. The van der Waals surface area contributed by atoms with Crippen LogP contribution in [0.15, 0.2) is 12.4 Å². The largest absolute Gasteiger partial charge is 0.330 e. The number of aryl methyl sites for hydroxylation is 1. The predicted molar refractivity (Wildman–Crippen MR) is 45.8 cm³/mol. The average Bonchev–Trinajstić information content (AvgIpc) is 2.49. The zero-order valence-electron chi connectivity index (χ0n) is 7.32. The van der Waals surface area contributed by atoms with Crippen LogP contribution < -0.4 is 5.73 Å². The van der Waals surface area contributed by atoms with E-state index in [0.29, 0.717) is 12.1 Å². The van der Waals surface area contributed by atoms with Crippen LogP contribution in [0.5, 0.6) is 0 Å². The van der Waals surface area contributed by atoms with E-state index in [0.717, 1.165) is 0 Å². The number of hydrogen-bond acceptors (Lipinski definition) is 3. The lowest BCUT2D eigenvalue weighted by molar-refractivity contribution is 0.0934. The molecule has 1 aromatic rings. The van der Waals surface area contributed by atoms with Crippen LogP contribution in [0.1, 0.15) is 17.3 Å². The normalized spacial score (nSPS) is 12.9. The fourth-order valence-corrected chi connectivity index (χ4v) is 0.940. The second-order valence-electron chi connectivity index (χ2n) is 2.90. The Labute approximate surface area is 71.4 Å². The maximum absolute atomic E-state index is 11.5. The van der Waals surface area contributed by atoms with Crippen molar-refractivity contribution >= 4 is 5.78 Å². The first-order valence-corrected chi connectivity index (χ1v) is 3.88. The SMILES string of the molecule is CC(CN)C(=O)c1cnn(C)c1. The van der Waals surface area contributed by atoms with E-state index in [-0.39, 0.29) is 11.7 Å². The van der Waals surface area contributed by atoms with E-state index in [2.05, 4.69) is 5.10 Å². The average molecular weight is 167 g/mol. The van der Waals surface area contributed by atoms with Crippen LogP contribution in [0.25, 0.3) is 0 Å². The summed E-state index contributed by atoms with van der Waals surface area (Å²) in [7, 11) is 1.78. The van der Waals surface area contributed by atoms with Gasteiger partial charge >= 0.3 is 0 Å². The van der Waals surface area contributed by atoms with Crippen LogP contribution >= 0.6 is 0 Å². The minimum Gasteiger partial charge on any atom is -0.330 e. The summed E-state index contributed by atoms with van der Waals surface area (Å²) >= 11 is 0. The van der Waals surface area contributed by atoms with Gasteiger partial charge in [0.15, 0.2) is 5.78 Å². The van der Waals surface area contributed by atoms with Crippen LogP contribution in [0.3, 0.4) is 0 Å². The quantitative estimate of drug-likeness (QED) is 0.654. The van der Waals surface area contributed by atoms with E-state index in [1.54, 1.807) is 24.1 Å². The van der Waals surface area contributed by atoms with Gasteiger partial charge in [0.2, 0.25) is 0 Å². The molecule has 0 aromatic carbocycles. The van der Waals surface area contributed by atoms with E-state index in [4.69, 9.17) is 5.73 Å². The van der Waals surface area contributed by atoms with Crippen molar-refractivity contribution in [2.24, 2.45) is 18.7 Å². The highest BCUT2D eigenvalue weighted by atomic mass is 16.1. The molecule has 12 heavy (non-hydrogen) atoms. The van der Waals surface area contributed by atoms with Gasteiger partial charge in [-0.3, -0.25) is 9.48 Å². The highest BCUT2D eigenvalue weighted by Crippen LogP contribution is 2.05. The Bertz CT molecular complexity index is 280. The van der Waals surface area contributed by atoms with Crippen LogP contribution in [-0.4, -0.2) is 22.1 Å². The Hall–Kier alpha value is -1.16. The molecule has 1 heterocycles. The van der Waals surface area contributed by atoms with E-state index < -0.39 is 0 Å². The number of aromatic nitrogens is 2. The standard InChI is InChI=1S/C8H13N3O/c1-6(3-9)8(12)7-4-10-11(2)5-7/h4-6H,3,9H2,1-2H3. The monoisotopic (exact) mass is 167 g/mol. The lowest BCUT2D eigenvalue weighted by atomic mass is 10.0. The Kier molecular flexibility index (Phi) is 2.60. The summed E-state index contributed by atoms with van der Waals surface area (Å²) in [5, 5.41) is 3.91. The zero-order chi connectivity index (χ0) is 9.14. The summed E-state index contributed by atoms with van der Waals surface area (Å²) < 4.78 is 1.61. The first-order chi connectivity index (χ1) is 5.65. The highest BCUT2D eigenvalue weighted by Gasteiger charge is 2.14. The second-order valence-corrected chi connectivity index (χ2v) is 2.90. The summed E-state index contributed by atoms with van der Waals surface area (Å²) in [6, 6.07) is 0. The number of carbonyl (C=O) groups is 1. The molecule has 1 atom stereocenters. The lowest BCUT2D eigenvalue weighted by Gasteiger charge is -2.03. The number of nitrogens with zero attached hydrogens (tertiary/aromatic N) is 2. The van der Waals surface area contributed by atoms with E-state index in [1.165, 1.54) is 0 Å². The summed E-state index contributed by atoms with van der Waals surface area (Å²) in [5.74, 6) is -0.0557. The van der Waals surface area contributed by atoms with Crippen molar-refractivity contribution in [2.75, 3.05) is 6.54 Å². The maximum Gasteiger partial charge on any atom is 0.170 e. The predicted octanol–water partition coefficient (Wildman–Crippen LogP) is 0.198. The molecule has 2 N–H and O–H groups in total. The molecule has 0 saturated heterocycles. The van der Waals surface area contributed by atoms with Gasteiger partial charge in [-0.2, -0.15) is 5.10 Å². The van der Waals surface area contributed by atoms with Gasteiger partial charge in [0.1, 0.15) is 0 Å². The van der Waals surface area contributed by atoms with Crippen LogP contribution in [-0.2, 0) is 7.05 Å². The molecule has 0 fully saturated rings. The van der Waals surface area contributed by atoms with Gasteiger partial charge in [0.25, 0.3) is 0 Å². The number of hydrogen-bond donors (Lipinski definition) is 1. The number of nitrogens with two attached hydrogens (primary N) is 1. The molecule has 4 nitrogen and oxygen atoms in total. The van der Waals surface area contributed by atoms with Gasteiger partial charge in [0.05, 0.1) is 11.8 Å². The van der Waals surface area contributed by atoms with Gasteiger partial charge in [-0.1, -0.05) is 6.92 Å². The molecule has 0 spiro atoms. The van der Waals surface area contributed by atoms with Gasteiger partial charge in [-0.15, -0.1) is 0 Å². The summed E-state index contributed by atoms with van der Waals surface area (Å²) in [6.45, 7) is 2.20. The van der Waals surface area contributed by atoms with Crippen molar-refractivity contribution in [2.45, 2.75) is 6.92 Å². The molecule has 0 bridgehead atoms. The molecule has 0 amide bonds. The van der Waals surface area contributed by atoms with Crippen molar-refractivity contribution in [3.63, 3.8) is 0 Å². The Balaban J connectivity index is 2.78. The third-order valence-electron chi connectivity index (χ3n) is 1.79. The van der Waals surface area contributed by atoms with Crippen LogP contribution in [0.2, 0.25) is 0 Å². The molecule has 1 aromatic heterocycles. The molecule has 0 aliphatic rings. The van der Waals surface area contributed by atoms with Crippen molar-refractivity contribution in [3.05, 3.63) is 18.0 Å². The molecule has 0 saturated carbocycles. The molecule has 66 valence electrons. The molecular weight excluding hydrogens is 154 g/mol. The van der Waals surface area contributed by atoms with Gasteiger partial charge in [0, 0.05) is 25.7 Å². The van der Waals surface area contributed by atoms with Crippen LogP contribution in [0, 0.1) is 5.92 Å². The second kappa shape index (κ2) is 3.49. The van der Waals surface area contributed by atoms with Crippen molar-refractivity contribution in [1.82, 2.24) is 9.78 Å². The van der Waals surface area contributed by atoms with Gasteiger partial charge in [-0.25, -0.2) is 0 Å². The molecular formula is C8H13N3O. The topological polar surface area (TPSA) is 60.9 Å². The Morgan fingerprint density at radius 3 is 2.92 bits per heavy atom. The first-order valence-electron chi connectivity index (χ1n) is 3.88. The van der Waals surface area contributed by atoms with Crippen LogP contribution in [0.4, 0.5) is 0 Å². The third-order valence-corrected chi connectivity index (χ3v) is 1.79. The third kappa shape index (κ3) is 1.71. The number of Topliss-reactive ketones (excluding diaryl/α,β-unsaturated/α-hetero) is 1. The summed E-state index contributed by atoms with van der Waals surface area (Å²) in [4.78, 5) is 11.5. The molecule has 0 aliphatic carbocycles. The highest BCUT2D eigenvalue weighted by molar-refractivity contribution is 5.97. The number of ketones is 1. The molecule has 1 rings (SSSR count). The molecule has 0 aliphatic heterocycles. The Morgan fingerprint density at radius 1 is 1.83 bits per heavy atom. The summed E-state index contributed by atoms with van der Waals surface area (Å²) in [5.41, 5.74) is 6.00. The summed E-state index contributed by atoms with van der Waals surface area (Å²) in [6.07, 6.45) is 3.27. The zero-order valence-corrected chi connectivity index (χ0v) is 7.32. The smallest absolute Gasteiger partial charge is 0.170 e. The van der Waals surface area contributed by atoms with E-state index in [1.807, 2.05) is 6.92 Å². The van der Waals surface area contributed by atoms with Crippen molar-refractivity contribution < 1.29 is 4.79 Å². The molecule has 4 heteroatoms. The van der Waals surface area contributed by atoms with Crippen molar-refractivity contribution in [1.29, 1.82) is 0 Å². The van der Waals surface area contributed by atoms with E-state index >= 15 is 0 Å². The fraction of sp³-hybridized carbons (Fsp3) is 0.500. The van der Waals surface area contributed by atoms with Gasteiger partial charge < -0.3 is 5.73 Å². The minimum absolute atomic E-state index is 0.0607. The minimum atomic E-state index is -0.116. The molecule has 1 unspecified atom stereocenters. The van der Waals surface area contributed by atoms with Crippen molar-refractivity contribution in [3.8, 4) is 0 Å².